The van der Waals surface area contributed by atoms with Crippen LogP contribution in [0.25, 0.3) is 0 Å². The van der Waals surface area contributed by atoms with E-state index in [1.54, 1.807) is 18.3 Å². The topological polar surface area (TPSA) is 47.6 Å². The number of ether oxygens (including phenoxy) is 2. The number of amides is 1. The van der Waals surface area contributed by atoms with E-state index in [2.05, 4.69) is 23.7 Å². The quantitative estimate of drug-likeness (QED) is 0.907. The normalized spacial score (nSPS) is 15.0. The van der Waals surface area contributed by atoms with Gasteiger partial charge in [-0.05, 0) is 37.3 Å². The second kappa shape index (κ2) is 5.91. The molecule has 98 valence electrons. The minimum atomic E-state index is -0.193. The molecule has 0 radical (unpaired) electrons. The third-order valence-corrected chi connectivity index (χ3v) is 3.86. The van der Waals surface area contributed by atoms with Gasteiger partial charge in [-0.15, -0.1) is 11.3 Å². The lowest BCUT2D eigenvalue weighted by Crippen LogP contribution is -2.31. The number of thiophene rings is 1. The fourth-order valence-corrected chi connectivity index (χ4v) is 2.67. The van der Waals surface area contributed by atoms with Crippen LogP contribution in [0.15, 0.2) is 23.0 Å². The predicted octanol–water partition coefficient (Wildman–Crippen LogP) is 1.99. The molecule has 1 amide bonds. The summed E-state index contributed by atoms with van der Waals surface area (Å²) in [6, 6.07) is 2.09. The minimum Gasteiger partial charge on any atom is -0.491 e. The first kappa shape index (κ1) is 13.0. The molecule has 0 spiro atoms. The zero-order valence-corrected chi connectivity index (χ0v) is 11.4. The number of allylic oxidation sites excluding steroid dienone is 1. The van der Waals surface area contributed by atoms with Gasteiger partial charge in [0.1, 0.15) is 19.0 Å². The second-order valence-corrected chi connectivity index (χ2v) is 5.12. The zero-order chi connectivity index (χ0) is 13.0. The first-order valence-corrected chi connectivity index (χ1v) is 6.84. The Morgan fingerprint density at radius 2 is 2.17 bits per heavy atom. The molecule has 18 heavy (non-hydrogen) atoms. The molecule has 0 aromatic carbocycles. The van der Waals surface area contributed by atoms with Gasteiger partial charge in [-0.1, -0.05) is 0 Å². The summed E-state index contributed by atoms with van der Waals surface area (Å²) in [6.45, 7) is 5.39. The van der Waals surface area contributed by atoms with Crippen LogP contribution in [0.2, 0.25) is 0 Å². The summed E-state index contributed by atoms with van der Waals surface area (Å²) in [4.78, 5) is 13.2. The van der Waals surface area contributed by atoms with E-state index in [-0.39, 0.29) is 5.91 Å². The molecule has 0 fully saturated rings. The van der Waals surface area contributed by atoms with Crippen LogP contribution in [-0.2, 0) is 20.7 Å². The van der Waals surface area contributed by atoms with Crippen molar-refractivity contribution in [1.29, 1.82) is 0 Å². The van der Waals surface area contributed by atoms with Crippen molar-refractivity contribution in [3.63, 3.8) is 0 Å². The van der Waals surface area contributed by atoms with Crippen molar-refractivity contribution in [3.05, 3.63) is 33.4 Å². The number of aryl methyl sites for hydroxylation is 1. The van der Waals surface area contributed by atoms with E-state index in [1.807, 2.05) is 0 Å². The Kier molecular flexibility index (Phi) is 4.25. The van der Waals surface area contributed by atoms with Gasteiger partial charge in [0.05, 0.1) is 0 Å². The zero-order valence-electron chi connectivity index (χ0n) is 10.6. The summed E-state index contributed by atoms with van der Waals surface area (Å²) < 4.78 is 10.6. The third kappa shape index (κ3) is 3.04. The molecule has 2 heterocycles. The Morgan fingerprint density at radius 3 is 2.83 bits per heavy atom. The van der Waals surface area contributed by atoms with E-state index in [1.165, 1.54) is 10.4 Å². The van der Waals surface area contributed by atoms with E-state index in [4.69, 9.17) is 9.47 Å². The van der Waals surface area contributed by atoms with Crippen molar-refractivity contribution in [2.75, 3.05) is 19.8 Å². The Morgan fingerprint density at radius 1 is 1.39 bits per heavy atom. The van der Waals surface area contributed by atoms with Crippen LogP contribution in [0.5, 0.6) is 0 Å². The van der Waals surface area contributed by atoms with Gasteiger partial charge in [0.25, 0.3) is 5.91 Å². The van der Waals surface area contributed by atoms with Crippen LogP contribution in [0.3, 0.4) is 0 Å². The van der Waals surface area contributed by atoms with Crippen molar-refractivity contribution in [3.8, 4) is 0 Å². The Bertz CT molecular complexity index is 465. The standard InChI is InChI=1S/C13H17NO3S/c1-9-4-8-18-11(9)3-5-14-13(15)12-10(2)16-6-7-17-12/h4,8H,3,5-7H2,1-2H3,(H,14,15). The lowest BCUT2D eigenvalue weighted by molar-refractivity contribution is -0.122. The third-order valence-electron chi connectivity index (χ3n) is 2.78. The maximum absolute atomic E-state index is 11.9. The van der Waals surface area contributed by atoms with Gasteiger partial charge in [-0.3, -0.25) is 4.79 Å². The van der Waals surface area contributed by atoms with Gasteiger partial charge in [-0.2, -0.15) is 0 Å². The molecule has 0 unspecified atom stereocenters. The van der Waals surface area contributed by atoms with Crippen molar-refractivity contribution >= 4 is 17.2 Å². The highest BCUT2D eigenvalue weighted by Crippen LogP contribution is 2.16. The summed E-state index contributed by atoms with van der Waals surface area (Å²) in [5.41, 5.74) is 1.28. The maximum Gasteiger partial charge on any atom is 0.289 e. The van der Waals surface area contributed by atoms with Crippen molar-refractivity contribution < 1.29 is 14.3 Å². The highest BCUT2D eigenvalue weighted by atomic mass is 32.1. The lowest BCUT2D eigenvalue weighted by atomic mass is 10.2. The van der Waals surface area contributed by atoms with Gasteiger partial charge < -0.3 is 14.8 Å². The molecule has 5 heteroatoms. The van der Waals surface area contributed by atoms with E-state index < -0.39 is 0 Å². The number of rotatable bonds is 4. The lowest BCUT2D eigenvalue weighted by Gasteiger charge is -2.19. The molecule has 4 nitrogen and oxygen atoms in total. The molecule has 1 aliphatic heterocycles. The molecule has 0 saturated heterocycles. The van der Waals surface area contributed by atoms with E-state index in [0.717, 1.165) is 6.42 Å². The predicted molar refractivity (Wildman–Crippen MR) is 70.4 cm³/mol. The van der Waals surface area contributed by atoms with Crippen LogP contribution < -0.4 is 5.32 Å². The molecule has 1 aromatic heterocycles. The Hall–Kier alpha value is -1.49. The van der Waals surface area contributed by atoms with Gasteiger partial charge >= 0.3 is 0 Å². The molecule has 0 saturated carbocycles. The van der Waals surface area contributed by atoms with E-state index in [9.17, 15) is 4.79 Å². The number of nitrogens with one attached hydrogen (secondary N) is 1. The number of carbonyl (C=O) groups is 1. The van der Waals surface area contributed by atoms with E-state index in [0.29, 0.717) is 31.3 Å². The smallest absolute Gasteiger partial charge is 0.289 e. The van der Waals surface area contributed by atoms with Crippen LogP contribution in [0.1, 0.15) is 17.4 Å². The van der Waals surface area contributed by atoms with Gasteiger partial charge in [-0.25, -0.2) is 0 Å². The molecular weight excluding hydrogens is 250 g/mol. The maximum atomic E-state index is 11.9. The Labute approximate surface area is 111 Å². The van der Waals surface area contributed by atoms with Gasteiger partial charge in [0.2, 0.25) is 5.76 Å². The Balaban J connectivity index is 1.83. The fourth-order valence-electron chi connectivity index (χ4n) is 1.76. The largest absolute Gasteiger partial charge is 0.491 e. The van der Waals surface area contributed by atoms with Crippen LogP contribution in [0, 0.1) is 6.92 Å². The van der Waals surface area contributed by atoms with Crippen LogP contribution >= 0.6 is 11.3 Å². The summed E-state index contributed by atoms with van der Waals surface area (Å²) in [6.07, 6.45) is 0.850. The SMILES string of the molecule is CC1=C(C(=O)NCCc2sccc2C)OCCO1. The van der Waals surface area contributed by atoms with Crippen LogP contribution in [-0.4, -0.2) is 25.7 Å². The first-order valence-electron chi connectivity index (χ1n) is 5.96. The molecule has 0 aliphatic carbocycles. The number of hydrogen-bond donors (Lipinski definition) is 1. The highest BCUT2D eigenvalue weighted by molar-refractivity contribution is 7.10. The van der Waals surface area contributed by atoms with Crippen LogP contribution in [0.4, 0.5) is 0 Å². The highest BCUT2D eigenvalue weighted by Gasteiger charge is 2.19. The van der Waals surface area contributed by atoms with Crippen molar-refractivity contribution in [2.24, 2.45) is 0 Å². The minimum absolute atomic E-state index is 0.193. The van der Waals surface area contributed by atoms with Crippen molar-refractivity contribution in [1.82, 2.24) is 5.32 Å². The first-order chi connectivity index (χ1) is 8.68. The van der Waals surface area contributed by atoms with Gasteiger partial charge in [0.15, 0.2) is 0 Å². The summed E-state index contributed by atoms with van der Waals surface area (Å²) in [5, 5.41) is 4.92. The summed E-state index contributed by atoms with van der Waals surface area (Å²) in [7, 11) is 0. The average molecular weight is 267 g/mol. The molecule has 1 N–H and O–H groups in total. The number of carbonyl (C=O) groups excluding carboxylic acids is 1. The van der Waals surface area contributed by atoms with Gasteiger partial charge in [0, 0.05) is 11.4 Å². The van der Waals surface area contributed by atoms with E-state index >= 15 is 0 Å². The molecule has 0 bridgehead atoms. The molecule has 1 aliphatic rings. The van der Waals surface area contributed by atoms with Crippen molar-refractivity contribution in [2.45, 2.75) is 20.3 Å². The molecule has 2 rings (SSSR count). The molecule has 1 aromatic rings. The second-order valence-electron chi connectivity index (χ2n) is 4.11. The summed E-state index contributed by atoms with van der Waals surface area (Å²) in [5.74, 6) is 0.677. The summed E-state index contributed by atoms with van der Waals surface area (Å²) >= 11 is 1.72. The monoisotopic (exact) mass is 267 g/mol. The average Bonchev–Trinajstić information content (AvgIpc) is 2.75. The molecule has 0 atom stereocenters. The molecular formula is C13H17NO3S. The fraction of sp³-hybridized carbons (Fsp3) is 0.462. The number of hydrogen-bond acceptors (Lipinski definition) is 4.